The highest BCUT2D eigenvalue weighted by molar-refractivity contribution is 8.18. The summed E-state index contributed by atoms with van der Waals surface area (Å²) in [5.74, 6) is -0.372. The average Bonchev–Trinajstić information content (AvgIpc) is 3.18. The maximum atomic E-state index is 13.4. The first-order valence-corrected chi connectivity index (χ1v) is 9.85. The van der Waals surface area contributed by atoms with Crippen molar-refractivity contribution in [2.45, 2.75) is 12.7 Å². The van der Waals surface area contributed by atoms with Crippen molar-refractivity contribution in [3.8, 4) is 0 Å². The van der Waals surface area contributed by atoms with Gasteiger partial charge in [0, 0.05) is 17.5 Å². The van der Waals surface area contributed by atoms with Crippen LogP contribution in [0.1, 0.15) is 16.7 Å². The molecule has 0 N–H and O–H groups in total. The third-order valence-electron chi connectivity index (χ3n) is 4.65. The molecule has 0 unspecified atom stereocenters. The molecule has 2 amide bonds. The largest absolute Gasteiger partial charge is 0.416 e. The molecule has 1 aliphatic heterocycles. The predicted molar refractivity (Wildman–Crippen MR) is 109 cm³/mol. The molecule has 10 heteroatoms. The lowest BCUT2D eigenvalue weighted by molar-refractivity contribution is -0.138. The highest BCUT2D eigenvalue weighted by Gasteiger charge is 2.34. The molecule has 2 aromatic carbocycles. The van der Waals surface area contributed by atoms with E-state index in [9.17, 15) is 22.8 Å². The van der Waals surface area contributed by atoms with Gasteiger partial charge < -0.3 is 0 Å². The molecule has 5 nitrogen and oxygen atoms in total. The van der Waals surface area contributed by atoms with Crippen LogP contribution in [0.2, 0.25) is 5.02 Å². The van der Waals surface area contributed by atoms with Crippen molar-refractivity contribution in [3.63, 3.8) is 0 Å². The van der Waals surface area contributed by atoms with Gasteiger partial charge in [0.25, 0.3) is 11.1 Å². The number of hydrogen-bond donors (Lipinski definition) is 0. The Labute approximate surface area is 178 Å². The van der Waals surface area contributed by atoms with Gasteiger partial charge in [0.05, 0.1) is 28.7 Å². The Morgan fingerprint density at radius 3 is 2.60 bits per heavy atom. The number of thioether (sulfide) groups is 1. The lowest BCUT2D eigenvalue weighted by Gasteiger charge is -2.14. The highest BCUT2D eigenvalue weighted by atomic mass is 35.5. The zero-order valence-corrected chi connectivity index (χ0v) is 17.0. The molecular weight excluding hydrogens is 439 g/mol. The lowest BCUT2D eigenvalue weighted by atomic mass is 10.1. The van der Waals surface area contributed by atoms with Crippen LogP contribution < -0.4 is 0 Å². The van der Waals surface area contributed by atoms with Crippen LogP contribution >= 0.6 is 23.4 Å². The number of halogens is 4. The number of carbonyl (C=O) groups excluding carboxylic acids is 2. The molecule has 0 aliphatic carbocycles. The van der Waals surface area contributed by atoms with Crippen molar-refractivity contribution in [2.24, 2.45) is 0 Å². The first-order valence-electron chi connectivity index (χ1n) is 8.66. The van der Waals surface area contributed by atoms with E-state index < -0.39 is 11.7 Å². The molecule has 1 saturated heterocycles. The van der Waals surface area contributed by atoms with E-state index in [1.807, 2.05) is 0 Å². The van der Waals surface area contributed by atoms with E-state index in [1.54, 1.807) is 30.5 Å². The van der Waals surface area contributed by atoms with Crippen LogP contribution in [-0.2, 0) is 17.5 Å². The molecule has 30 heavy (non-hydrogen) atoms. The molecule has 154 valence electrons. The molecule has 0 saturated carbocycles. The van der Waals surface area contributed by atoms with E-state index in [0.717, 1.165) is 22.7 Å². The topological polar surface area (TPSA) is 55.2 Å². The predicted octanol–water partition coefficient (Wildman–Crippen LogP) is 5.42. The Balaban J connectivity index is 1.66. The van der Waals surface area contributed by atoms with Gasteiger partial charge in [0.2, 0.25) is 0 Å². The molecule has 0 bridgehead atoms. The smallest absolute Gasteiger partial charge is 0.272 e. The summed E-state index contributed by atoms with van der Waals surface area (Å²) in [7, 11) is 1.41. The summed E-state index contributed by atoms with van der Waals surface area (Å²) >= 11 is 6.59. The average molecular weight is 452 g/mol. The van der Waals surface area contributed by atoms with E-state index >= 15 is 0 Å². The van der Waals surface area contributed by atoms with E-state index in [0.29, 0.717) is 21.4 Å². The van der Waals surface area contributed by atoms with Crippen LogP contribution in [0.15, 0.2) is 47.5 Å². The Hall–Kier alpha value is -2.78. The number of aromatic nitrogens is 2. The molecular formula is C20H13ClF3N3O2S. The molecule has 3 aromatic rings. The highest BCUT2D eigenvalue weighted by Crippen LogP contribution is 2.35. The number of rotatable bonds is 3. The molecule has 0 spiro atoms. The number of amides is 2. The van der Waals surface area contributed by atoms with Gasteiger partial charge in [-0.3, -0.25) is 19.2 Å². The van der Waals surface area contributed by atoms with Gasteiger partial charge in [-0.1, -0.05) is 23.7 Å². The van der Waals surface area contributed by atoms with E-state index in [-0.39, 0.29) is 28.3 Å². The summed E-state index contributed by atoms with van der Waals surface area (Å²) in [5, 5.41) is 4.57. The minimum atomic E-state index is -4.53. The third-order valence-corrected chi connectivity index (χ3v) is 5.84. The van der Waals surface area contributed by atoms with Gasteiger partial charge in [0.1, 0.15) is 0 Å². The Morgan fingerprint density at radius 2 is 1.93 bits per heavy atom. The van der Waals surface area contributed by atoms with Gasteiger partial charge in [-0.2, -0.15) is 18.3 Å². The summed E-state index contributed by atoms with van der Waals surface area (Å²) in [6.07, 6.45) is -1.38. The number of carbonyl (C=O) groups is 2. The first kappa shape index (κ1) is 20.5. The van der Waals surface area contributed by atoms with Gasteiger partial charge >= 0.3 is 6.18 Å². The molecule has 2 heterocycles. The third kappa shape index (κ3) is 3.82. The van der Waals surface area contributed by atoms with Gasteiger partial charge in [0.15, 0.2) is 0 Å². The Kier molecular flexibility index (Phi) is 5.11. The number of likely N-dealkylation sites (N-methyl/N-ethyl adjacent to an activating group) is 1. The normalized spacial score (nSPS) is 16.3. The van der Waals surface area contributed by atoms with Gasteiger partial charge in [-0.15, -0.1) is 0 Å². The molecule has 0 radical (unpaired) electrons. The first-order chi connectivity index (χ1) is 14.1. The van der Waals surface area contributed by atoms with Crippen molar-refractivity contribution in [1.29, 1.82) is 0 Å². The fourth-order valence-electron chi connectivity index (χ4n) is 3.13. The Bertz CT molecular complexity index is 1220. The van der Waals surface area contributed by atoms with Crippen LogP contribution in [0, 0.1) is 0 Å². The minimum absolute atomic E-state index is 0.0116. The lowest BCUT2D eigenvalue weighted by Crippen LogP contribution is -2.22. The number of fused-ring (bicyclic) bond motifs is 1. The van der Waals surface area contributed by atoms with Crippen molar-refractivity contribution >= 4 is 51.5 Å². The number of hydrogen-bond acceptors (Lipinski definition) is 4. The van der Waals surface area contributed by atoms with Crippen LogP contribution in [0.5, 0.6) is 0 Å². The zero-order chi connectivity index (χ0) is 21.6. The Morgan fingerprint density at radius 1 is 1.17 bits per heavy atom. The number of alkyl halides is 3. The fourth-order valence-corrected chi connectivity index (χ4v) is 4.13. The monoisotopic (exact) mass is 451 g/mol. The van der Waals surface area contributed by atoms with Crippen molar-refractivity contribution < 1.29 is 22.8 Å². The fraction of sp³-hybridized carbons (Fsp3) is 0.150. The van der Waals surface area contributed by atoms with E-state index in [2.05, 4.69) is 5.10 Å². The number of imide groups is 1. The molecule has 0 atom stereocenters. The number of benzene rings is 2. The second kappa shape index (κ2) is 7.48. The zero-order valence-electron chi connectivity index (χ0n) is 15.4. The number of nitrogens with zero attached hydrogens (tertiary/aromatic N) is 3. The summed E-state index contributed by atoms with van der Waals surface area (Å²) < 4.78 is 41.5. The molecule has 4 rings (SSSR count). The second-order valence-electron chi connectivity index (χ2n) is 6.66. The summed E-state index contributed by atoms with van der Waals surface area (Å²) in [6, 6.07) is 8.85. The van der Waals surface area contributed by atoms with E-state index in [1.165, 1.54) is 23.9 Å². The summed E-state index contributed by atoms with van der Waals surface area (Å²) in [6.45, 7) is -0.0798. The van der Waals surface area contributed by atoms with Crippen LogP contribution in [-0.4, -0.2) is 32.9 Å². The quantitative estimate of drug-likeness (QED) is 0.499. The second-order valence-corrected chi connectivity index (χ2v) is 8.09. The summed E-state index contributed by atoms with van der Waals surface area (Å²) in [5.41, 5.74) is 0.574. The maximum absolute atomic E-state index is 13.4. The van der Waals surface area contributed by atoms with Crippen molar-refractivity contribution in [2.75, 3.05) is 7.05 Å². The van der Waals surface area contributed by atoms with Gasteiger partial charge in [-0.25, -0.2) is 0 Å². The summed E-state index contributed by atoms with van der Waals surface area (Å²) in [4.78, 5) is 25.0. The van der Waals surface area contributed by atoms with E-state index in [4.69, 9.17) is 11.6 Å². The van der Waals surface area contributed by atoms with Gasteiger partial charge in [-0.05, 0) is 53.2 Å². The molecule has 1 fully saturated rings. The minimum Gasteiger partial charge on any atom is -0.272 e. The maximum Gasteiger partial charge on any atom is 0.416 e. The van der Waals surface area contributed by atoms with Crippen molar-refractivity contribution in [3.05, 3.63) is 69.2 Å². The molecule has 1 aliphatic rings. The van der Waals surface area contributed by atoms with Crippen molar-refractivity contribution in [1.82, 2.24) is 14.7 Å². The molecule has 1 aromatic heterocycles. The van der Waals surface area contributed by atoms with Crippen LogP contribution in [0.25, 0.3) is 17.0 Å². The standard InChI is InChI=1S/C20H13ClF3N3O2S/c1-26-18(28)17(30-19(26)29)7-11-2-5-16-13(6-11)9-25-27(16)10-12-3-4-14(21)8-15(12)20(22,23)24/h2-9H,10H2,1H3. The van der Waals surface area contributed by atoms with Crippen LogP contribution in [0.3, 0.4) is 0 Å². The van der Waals surface area contributed by atoms with Crippen LogP contribution in [0.4, 0.5) is 18.0 Å². The SMILES string of the molecule is CN1C(=O)SC(=Cc2ccc3c(cnn3Cc3ccc(Cl)cc3C(F)(F)F)c2)C1=O.